The molecule has 0 aromatic carbocycles. The summed E-state index contributed by atoms with van der Waals surface area (Å²) >= 11 is 0. The van der Waals surface area contributed by atoms with Crippen LogP contribution in [-0.2, 0) is 9.53 Å². The summed E-state index contributed by atoms with van der Waals surface area (Å²) in [5.41, 5.74) is -0.931. The second-order valence-corrected chi connectivity index (χ2v) is 6.93. The molecule has 20 heavy (non-hydrogen) atoms. The molecule has 1 atom stereocenters. The lowest BCUT2D eigenvalue weighted by molar-refractivity contribution is -0.178. The summed E-state index contributed by atoms with van der Waals surface area (Å²) in [7, 11) is 1.63. The van der Waals surface area contributed by atoms with Gasteiger partial charge in [-0.25, -0.2) is 0 Å². The highest BCUT2D eigenvalue weighted by atomic mass is 16.5. The van der Waals surface area contributed by atoms with Crippen LogP contribution in [0.1, 0.15) is 44.9 Å². The van der Waals surface area contributed by atoms with E-state index in [4.69, 9.17) is 4.74 Å². The van der Waals surface area contributed by atoms with Gasteiger partial charge in [-0.3, -0.25) is 9.69 Å². The van der Waals surface area contributed by atoms with Gasteiger partial charge in [0.25, 0.3) is 0 Å². The van der Waals surface area contributed by atoms with Crippen LogP contribution < -0.4 is 0 Å². The Morgan fingerprint density at radius 1 is 1.25 bits per heavy atom. The predicted octanol–water partition coefficient (Wildman–Crippen LogP) is 1.61. The van der Waals surface area contributed by atoms with Gasteiger partial charge < -0.3 is 9.84 Å². The van der Waals surface area contributed by atoms with Crippen molar-refractivity contribution in [1.82, 2.24) is 4.90 Å². The summed E-state index contributed by atoms with van der Waals surface area (Å²) in [5.74, 6) is 0.813. The fourth-order valence-corrected chi connectivity index (χ4v) is 5.03. The first-order chi connectivity index (χ1) is 9.69. The van der Waals surface area contributed by atoms with E-state index >= 15 is 0 Å². The van der Waals surface area contributed by atoms with Gasteiger partial charge in [0, 0.05) is 25.6 Å². The van der Waals surface area contributed by atoms with Crippen LogP contribution in [0, 0.1) is 11.3 Å². The Kier molecular flexibility index (Phi) is 3.91. The molecule has 1 unspecified atom stereocenters. The quantitative estimate of drug-likeness (QED) is 0.850. The van der Waals surface area contributed by atoms with Crippen molar-refractivity contribution in [3.05, 3.63) is 0 Å². The predicted molar refractivity (Wildman–Crippen MR) is 76.5 cm³/mol. The van der Waals surface area contributed by atoms with Gasteiger partial charge in [0.1, 0.15) is 5.54 Å². The normalized spacial score (nSPS) is 42.1. The summed E-state index contributed by atoms with van der Waals surface area (Å²) in [4.78, 5) is 15.4. The van der Waals surface area contributed by atoms with Gasteiger partial charge in [-0.15, -0.1) is 0 Å². The number of nitrogens with zero attached hydrogens (tertiary/aromatic N) is 1. The molecular weight excluding hydrogens is 254 g/mol. The fraction of sp³-hybridized carbons (Fsp3) is 0.938. The smallest absolute Gasteiger partial charge is 0.164 e. The van der Waals surface area contributed by atoms with Crippen molar-refractivity contribution >= 4 is 5.78 Å². The number of hydrogen-bond acceptors (Lipinski definition) is 4. The second kappa shape index (κ2) is 5.39. The number of fused-ring (bicyclic) bond motifs is 3. The highest BCUT2D eigenvalue weighted by molar-refractivity contribution is 5.96. The molecule has 0 aromatic rings. The molecule has 4 rings (SSSR count). The number of aliphatic hydroxyl groups is 1. The number of Topliss-reactive ketones (excluding diaryl/α,β-unsaturated/α-hetero) is 1. The molecule has 114 valence electrons. The van der Waals surface area contributed by atoms with E-state index in [-0.39, 0.29) is 17.8 Å². The van der Waals surface area contributed by atoms with E-state index in [2.05, 4.69) is 4.90 Å². The number of aliphatic hydroxyl groups excluding tert-OH is 1. The lowest BCUT2D eigenvalue weighted by Gasteiger charge is -2.60. The van der Waals surface area contributed by atoms with E-state index in [1.807, 2.05) is 0 Å². The van der Waals surface area contributed by atoms with Crippen LogP contribution in [0.4, 0.5) is 0 Å². The minimum absolute atomic E-state index is 0.103. The topological polar surface area (TPSA) is 49.8 Å². The lowest BCUT2D eigenvalue weighted by Crippen LogP contribution is -2.73. The minimum atomic E-state index is -0.761. The molecular formula is C16H27NO3. The van der Waals surface area contributed by atoms with E-state index in [0.29, 0.717) is 12.5 Å². The Balaban J connectivity index is 1.93. The van der Waals surface area contributed by atoms with Gasteiger partial charge in [-0.05, 0) is 31.6 Å². The van der Waals surface area contributed by atoms with Crippen LogP contribution in [0.5, 0.6) is 0 Å². The van der Waals surface area contributed by atoms with Gasteiger partial charge in [0.05, 0.1) is 13.2 Å². The minimum Gasteiger partial charge on any atom is -0.394 e. The van der Waals surface area contributed by atoms with Crippen LogP contribution in [0.3, 0.4) is 0 Å². The lowest BCUT2D eigenvalue weighted by atomic mass is 9.55. The average molecular weight is 281 g/mol. The molecule has 4 nitrogen and oxygen atoms in total. The third-order valence-corrected chi connectivity index (χ3v) is 6.17. The van der Waals surface area contributed by atoms with Crippen molar-refractivity contribution in [1.29, 1.82) is 0 Å². The zero-order valence-electron chi connectivity index (χ0n) is 12.6. The number of carbonyl (C=O) groups excluding carboxylic acids is 1. The zero-order chi connectivity index (χ0) is 14.2. The van der Waals surface area contributed by atoms with Crippen molar-refractivity contribution in [2.45, 2.75) is 50.5 Å². The maximum Gasteiger partial charge on any atom is 0.164 e. The van der Waals surface area contributed by atoms with Crippen LogP contribution in [-0.4, -0.2) is 54.7 Å². The number of ether oxygens (including phenoxy) is 1. The summed E-state index contributed by atoms with van der Waals surface area (Å²) in [6, 6.07) is 0. The fourth-order valence-electron chi connectivity index (χ4n) is 5.03. The van der Waals surface area contributed by atoms with E-state index in [9.17, 15) is 9.90 Å². The molecule has 3 heterocycles. The maximum atomic E-state index is 13.3. The number of ketones is 1. The molecule has 0 radical (unpaired) electrons. The first kappa shape index (κ1) is 14.5. The Hall–Kier alpha value is -0.450. The molecule has 2 bridgehead atoms. The van der Waals surface area contributed by atoms with Gasteiger partial charge >= 0.3 is 0 Å². The number of piperidine rings is 3. The molecule has 4 aliphatic rings. The molecule has 0 spiro atoms. The molecule has 0 amide bonds. The molecule has 3 saturated heterocycles. The Labute approximate surface area is 121 Å². The summed E-state index contributed by atoms with van der Waals surface area (Å²) < 4.78 is 5.31. The van der Waals surface area contributed by atoms with E-state index in [1.165, 1.54) is 32.1 Å². The molecule has 1 N–H and O–H groups in total. The molecule has 1 aliphatic carbocycles. The van der Waals surface area contributed by atoms with Crippen molar-refractivity contribution in [3.63, 3.8) is 0 Å². The Morgan fingerprint density at radius 2 is 1.90 bits per heavy atom. The first-order valence-corrected chi connectivity index (χ1v) is 8.09. The second-order valence-electron chi connectivity index (χ2n) is 6.93. The van der Waals surface area contributed by atoms with Crippen molar-refractivity contribution in [2.24, 2.45) is 11.3 Å². The standard InChI is InChI=1S/C16H27NO3/c1-20-12-16(11-18)14(19)15(7-9-17(16)10-8-15)13-5-3-2-4-6-13/h13,18H,2-12H2,1H3. The van der Waals surface area contributed by atoms with Crippen molar-refractivity contribution in [2.75, 3.05) is 33.4 Å². The summed E-state index contributed by atoms with van der Waals surface area (Å²) in [6.07, 6.45) is 8.21. The summed E-state index contributed by atoms with van der Waals surface area (Å²) in [5, 5.41) is 9.94. The van der Waals surface area contributed by atoms with Crippen molar-refractivity contribution < 1.29 is 14.6 Å². The van der Waals surface area contributed by atoms with Gasteiger partial charge in [-0.2, -0.15) is 0 Å². The molecule has 3 aliphatic heterocycles. The van der Waals surface area contributed by atoms with Crippen LogP contribution in [0.25, 0.3) is 0 Å². The molecule has 0 aromatic heterocycles. The van der Waals surface area contributed by atoms with E-state index in [0.717, 1.165) is 25.9 Å². The Morgan fingerprint density at radius 3 is 2.45 bits per heavy atom. The summed E-state index contributed by atoms with van der Waals surface area (Å²) in [6.45, 7) is 2.10. The van der Waals surface area contributed by atoms with Gasteiger partial charge in [0.2, 0.25) is 0 Å². The van der Waals surface area contributed by atoms with E-state index < -0.39 is 5.54 Å². The molecule has 4 heteroatoms. The van der Waals surface area contributed by atoms with Gasteiger partial charge in [0.15, 0.2) is 5.78 Å². The average Bonchev–Trinajstić information content (AvgIpc) is 2.52. The Bertz CT molecular complexity index is 370. The number of rotatable bonds is 4. The van der Waals surface area contributed by atoms with Crippen LogP contribution in [0.15, 0.2) is 0 Å². The zero-order valence-corrected chi connectivity index (χ0v) is 12.6. The monoisotopic (exact) mass is 281 g/mol. The van der Waals surface area contributed by atoms with Crippen LogP contribution in [0.2, 0.25) is 0 Å². The molecule has 1 saturated carbocycles. The van der Waals surface area contributed by atoms with Crippen molar-refractivity contribution in [3.8, 4) is 0 Å². The third kappa shape index (κ3) is 1.88. The number of carbonyl (C=O) groups is 1. The SMILES string of the molecule is COCC1(CO)C(=O)C2(C3CCCCC3)CCN1CC2. The third-order valence-electron chi connectivity index (χ3n) is 6.17. The highest BCUT2D eigenvalue weighted by Gasteiger charge is 2.62. The molecule has 4 fully saturated rings. The maximum absolute atomic E-state index is 13.3. The van der Waals surface area contributed by atoms with E-state index in [1.54, 1.807) is 7.11 Å². The number of hydrogen-bond donors (Lipinski definition) is 1. The highest BCUT2D eigenvalue weighted by Crippen LogP contribution is 2.53. The first-order valence-electron chi connectivity index (χ1n) is 8.09. The number of methoxy groups -OCH3 is 1. The largest absolute Gasteiger partial charge is 0.394 e. The van der Waals surface area contributed by atoms with Crippen LogP contribution >= 0.6 is 0 Å². The van der Waals surface area contributed by atoms with Gasteiger partial charge in [-0.1, -0.05) is 19.3 Å².